The Morgan fingerprint density at radius 1 is 1.35 bits per heavy atom. The minimum Gasteiger partial charge on any atom is -0.207 e. The number of hydrogen-bond donors (Lipinski definition) is 0. The van der Waals surface area contributed by atoms with E-state index in [1.54, 1.807) is 6.07 Å². The minimum atomic E-state index is -3.95. The summed E-state index contributed by atoms with van der Waals surface area (Å²) in [5, 5.41) is 17.8. The average molecular weight is 293 g/mol. The Balaban J connectivity index is 2.44. The molecule has 2 rings (SSSR count). The van der Waals surface area contributed by atoms with Gasteiger partial charge in [-0.15, -0.1) is 0 Å². The van der Waals surface area contributed by atoms with Crippen LogP contribution >= 0.6 is 0 Å². The number of hydrogen-bond acceptors (Lipinski definition) is 4. The van der Waals surface area contributed by atoms with Crippen LogP contribution < -0.4 is 0 Å². The van der Waals surface area contributed by atoms with Gasteiger partial charge in [0.2, 0.25) is 10.0 Å². The van der Waals surface area contributed by atoms with Crippen LogP contribution in [0.1, 0.15) is 18.4 Å². The molecule has 0 aromatic heterocycles. The van der Waals surface area contributed by atoms with Crippen molar-refractivity contribution in [3.05, 3.63) is 29.6 Å². The summed E-state index contributed by atoms with van der Waals surface area (Å²) in [6.07, 6.45) is 1.23. The Morgan fingerprint density at radius 3 is 2.75 bits per heavy atom. The summed E-state index contributed by atoms with van der Waals surface area (Å²) < 4.78 is 39.6. The summed E-state index contributed by atoms with van der Waals surface area (Å²) in [4.78, 5) is -0.335. The molecule has 1 aliphatic rings. The maximum absolute atomic E-state index is 13.5. The van der Waals surface area contributed by atoms with Gasteiger partial charge in [0.15, 0.2) is 0 Å². The van der Waals surface area contributed by atoms with Gasteiger partial charge < -0.3 is 0 Å². The molecular weight excluding hydrogens is 281 g/mol. The SMILES string of the molecule is N#Cc1c(F)cccc1S(=O)(=O)N1CCCC(C#N)C1. The number of nitriles is 2. The van der Waals surface area contributed by atoms with E-state index in [1.807, 2.05) is 0 Å². The third-order valence-corrected chi connectivity index (χ3v) is 5.18. The standard InChI is InChI=1S/C13H12FN3O2S/c14-12-4-1-5-13(11(12)8-16)20(18,19)17-6-2-3-10(7-15)9-17/h1,4-5,10H,2-3,6,9H2. The van der Waals surface area contributed by atoms with Crippen LogP contribution in [0, 0.1) is 34.4 Å². The van der Waals surface area contributed by atoms with E-state index in [-0.39, 0.29) is 23.9 Å². The molecule has 5 nitrogen and oxygen atoms in total. The highest BCUT2D eigenvalue weighted by Crippen LogP contribution is 2.26. The summed E-state index contributed by atoms with van der Waals surface area (Å²) in [5.74, 6) is -1.22. The third-order valence-electron chi connectivity index (χ3n) is 3.27. The molecule has 1 saturated heterocycles. The van der Waals surface area contributed by atoms with E-state index in [9.17, 15) is 12.8 Å². The maximum Gasteiger partial charge on any atom is 0.244 e. The van der Waals surface area contributed by atoms with Crippen LogP contribution in [0.15, 0.2) is 23.1 Å². The highest BCUT2D eigenvalue weighted by Gasteiger charge is 2.32. The van der Waals surface area contributed by atoms with Gasteiger partial charge in [-0.2, -0.15) is 14.8 Å². The van der Waals surface area contributed by atoms with Gasteiger partial charge in [0.05, 0.1) is 12.0 Å². The van der Waals surface area contributed by atoms with Gasteiger partial charge in [0, 0.05) is 13.1 Å². The van der Waals surface area contributed by atoms with Crippen molar-refractivity contribution in [3.8, 4) is 12.1 Å². The lowest BCUT2D eigenvalue weighted by Gasteiger charge is -2.28. The molecule has 0 amide bonds. The monoisotopic (exact) mass is 293 g/mol. The van der Waals surface area contributed by atoms with Gasteiger partial charge in [-0.3, -0.25) is 0 Å². The number of sulfonamides is 1. The first-order valence-electron chi connectivity index (χ1n) is 6.09. The molecular formula is C13H12FN3O2S. The molecule has 1 unspecified atom stereocenters. The second kappa shape index (κ2) is 5.58. The zero-order chi connectivity index (χ0) is 14.8. The van der Waals surface area contributed by atoms with Crippen LogP contribution in [-0.2, 0) is 10.0 Å². The predicted octanol–water partition coefficient (Wildman–Crippen LogP) is 1.62. The molecule has 1 aliphatic heterocycles. The van der Waals surface area contributed by atoms with E-state index in [0.29, 0.717) is 12.8 Å². The first kappa shape index (κ1) is 14.4. The van der Waals surface area contributed by atoms with Crippen molar-refractivity contribution in [2.45, 2.75) is 17.7 Å². The number of halogens is 1. The summed E-state index contributed by atoms with van der Waals surface area (Å²) in [6, 6.07) is 7.16. The fourth-order valence-electron chi connectivity index (χ4n) is 2.23. The molecule has 0 saturated carbocycles. The number of nitrogens with zero attached hydrogens (tertiary/aromatic N) is 3. The lowest BCUT2D eigenvalue weighted by molar-refractivity contribution is 0.305. The van der Waals surface area contributed by atoms with Crippen LogP contribution in [0.3, 0.4) is 0 Å². The second-order valence-electron chi connectivity index (χ2n) is 4.56. The molecule has 1 fully saturated rings. The number of piperidine rings is 1. The van der Waals surface area contributed by atoms with Crippen molar-refractivity contribution >= 4 is 10.0 Å². The van der Waals surface area contributed by atoms with Gasteiger partial charge in [-0.05, 0) is 25.0 Å². The molecule has 1 aromatic rings. The van der Waals surface area contributed by atoms with Gasteiger partial charge in [0.25, 0.3) is 0 Å². The zero-order valence-electron chi connectivity index (χ0n) is 10.6. The van der Waals surface area contributed by atoms with Crippen molar-refractivity contribution < 1.29 is 12.8 Å². The van der Waals surface area contributed by atoms with Gasteiger partial charge in [-0.25, -0.2) is 12.8 Å². The average Bonchev–Trinajstić information content (AvgIpc) is 2.47. The van der Waals surface area contributed by atoms with Gasteiger partial charge in [-0.1, -0.05) is 6.07 Å². The van der Waals surface area contributed by atoms with Gasteiger partial charge in [0.1, 0.15) is 22.3 Å². The molecule has 0 aliphatic carbocycles. The Bertz CT molecular complexity index is 703. The largest absolute Gasteiger partial charge is 0.244 e. The van der Waals surface area contributed by atoms with Crippen LogP contribution in [0.5, 0.6) is 0 Å². The van der Waals surface area contributed by atoms with Crippen LogP contribution in [-0.4, -0.2) is 25.8 Å². The topological polar surface area (TPSA) is 85.0 Å². The van der Waals surface area contributed by atoms with E-state index in [1.165, 1.54) is 12.1 Å². The highest BCUT2D eigenvalue weighted by molar-refractivity contribution is 7.89. The third kappa shape index (κ3) is 2.51. The van der Waals surface area contributed by atoms with Crippen LogP contribution in [0.25, 0.3) is 0 Å². The maximum atomic E-state index is 13.5. The smallest absolute Gasteiger partial charge is 0.207 e. The van der Waals surface area contributed by atoms with Crippen molar-refractivity contribution in [1.29, 1.82) is 10.5 Å². The van der Waals surface area contributed by atoms with Crippen LogP contribution in [0.2, 0.25) is 0 Å². The Hall–Kier alpha value is -1.96. The Labute approximate surface area is 116 Å². The normalized spacial score (nSPS) is 20.1. The number of benzene rings is 1. The summed E-state index contributed by atoms with van der Waals surface area (Å²) >= 11 is 0. The fourth-order valence-corrected chi connectivity index (χ4v) is 3.91. The first-order chi connectivity index (χ1) is 9.50. The zero-order valence-corrected chi connectivity index (χ0v) is 11.4. The molecule has 1 aromatic carbocycles. The fraction of sp³-hybridized carbons (Fsp3) is 0.385. The lowest BCUT2D eigenvalue weighted by Crippen LogP contribution is -2.39. The van der Waals surface area contributed by atoms with Crippen molar-refractivity contribution in [1.82, 2.24) is 4.31 Å². The van der Waals surface area contributed by atoms with E-state index < -0.39 is 21.4 Å². The minimum absolute atomic E-state index is 0.0835. The Morgan fingerprint density at radius 2 is 2.10 bits per heavy atom. The quantitative estimate of drug-likeness (QED) is 0.829. The molecule has 20 heavy (non-hydrogen) atoms. The molecule has 0 bridgehead atoms. The van der Waals surface area contributed by atoms with E-state index in [2.05, 4.69) is 6.07 Å². The van der Waals surface area contributed by atoms with E-state index in [4.69, 9.17) is 10.5 Å². The number of rotatable bonds is 2. The molecule has 0 N–H and O–H groups in total. The second-order valence-corrected chi connectivity index (χ2v) is 6.46. The first-order valence-corrected chi connectivity index (χ1v) is 7.53. The van der Waals surface area contributed by atoms with Crippen molar-refractivity contribution in [2.75, 3.05) is 13.1 Å². The van der Waals surface area contributed by atoms with Crippen LogP contribution in [0.4, 0.5) is 4.39 Å². The van der Waals surface area contributed by atoms with Crippen molar-refractivity contribution in [2.24, 2.45) is 5.92 Å². The molecule has 104 valence electrons. The summed E-state index contributed by atoms with van der Waals surface area (Å²) in [6.45, 7) is 0.363. The van der Waals surface area contributed by atoms with Gasteiger partial charge >= 0.3 is 0 Å². The predicted molar refractivity (Wildman–Crippen MR) is 68.2 cm³/mol. The molecule has 7 heteroatoms. The summed E-state index contributed by atoms with van der Waals surface area (Å²) in [5.41, 5.74) is -0.480. The summed E-state index contributed by atoms with van der Waals surface area (Å²) in [7, 11) is -3.95. The molecule has 0 spiro atoms. The molecule has 0 radical (unpaired) electrons. The molecule has 1 atom stereocenters. The molecule has 1 heterocycles. The lowest BCUT2D eigenvalue weighted by atomic mass is 10.0. The van der Waals surface area contributed by atoms with E-state index in [0.717, 1.165) is 10.4 Å². The Kier molecular flexibility index (Phi) is 4.03. The van der Waals surface area contributed by atoms with Crippen molar-refractivity contribution in [3.63, 3.8) is 0 Å². The van der Waals surface area contributed by atoms with E-state index >= 15 is 0 Å². The highest BCUT2D eigenvalue weighted by atomic mass is 32.2.